The molecule has 3 aliphatic rings. The molecule has 0 bridgehead atoms. The van der Waals surface area contributed by atoms with Crippen LogP contribution in [0.5, 0.6) is 0 Å². The molecule has 3 aliphatic carbocycles. The average molecular weight is 418 g/mol. The van der Waals surface area contributed by atoms with Gasteiger partial charge in [0.2, 0.25) is 0 Å². The summed E-state index contributed by atoms with van der Waals surface area (Å²) in [7, 11) is 0. The summed E-state index contributed by atoms with van der Waals surface area (Å²) >= 11 is 0. The molecule has 0 saturated heterocycles. The summed E-state index contributed by atoms with van der Waals surface area (Å²) in [5.41, 5.74) is 7.98. The Bertz CT molecular complexity index is 545. The van der Waals surface area contributed by atoms with Gasteiger partial charge in [-0.2, -0.15) is 0 Å². The summed E-state index contributed by atoms with van der Waals surface area (Å²) in [5.74, 6) is 4.60. The highest BCUT2D eigenvalue weighted by Gasteiger charge is 2.62. The van der Waals surface area contributed by atoms with E-state index in [1.54, 1.807) is 0 Å². The molecule has 3 rings (SSSR count). The van der Waals surface area contributed by atoms with E-state index < -0.39 is 0 Å². The van der Waals surface area contributed by atoms with Crippen molar-refractivity contribution < 1.29 is 0 Å². The third-order valence-electron chi connectivity index (χ3n) is 11.6. The second-order valence-corrected chi connectivity index (χ2v) is 13.1. The van der Waals surface area contributed by atoms with Gasteiger partial charge in [-0.05, 0) is 104 Å². The summed E-state index contributed by atoms with van der Waals surface area (Å²) in [6.07, 6.45) is 18.4. The van der Waals surface area contributed by atoms with Crippen molar-refractivity contribution in [2.75, 3.05) is 0 Å². The Hall–Kier alpha value is -0.0400. The SMILES string of the molecule is CCC(CCCC1CCC2(C)C(CC)C(C3(C)CCC(N)CC3)CCC12C)C(C)C. The van der Waals surface area contributed by atoms with Crippen LogP contribution in [0.4, 0.5) is 0 Å². The molecule has 0 aromatic carbocycles. The topological polar surface area (TPSA) is 26.0 Å². The lowest BCUT2D eigenvalue weighted by molar-refractivity contribution is -0.112. The summed E-state index contributed by atoms with van der Waals surface area (Å²) in [4.78, 5) is 0. The molecule has 176 valence electrons. The Morgan fingerprint density at radius 3 is 2.07 bits per heavy atom. The molecule has 6 atom stereocenters. The van der Waals surface area contributed by atoms with Gasteiger partial charge < -0.3 is 5.73 Å². The van der Waals surface area contributed by atoms with E-state index in [1.807, 2.05) is 0 Å². The normalized spacial score (nSPS) is 45.5. The van der Waals surface area contributed by atoms with Crippen LogP contribution in [0.15, 0.2) is 0 Å². The van der Waals surface area contributed by atoms with E-state index in [2.05, 4.69) is 48.5 Å². The van der Waals surface area contributed by atoms with Gasteiger partial charge in [-0.3, -0.25) is 0 Å². The van der Waals surface area contributed by atoms with Crippen molar-refractivity contribution in [3.63, 3.8) is 0 Å². The zero-order valence-corrected chi connectivity index (χ0v) is 21.7. The first-order valence-electron chi connectivity index (χ1n) is 13.9. The zero-order valence-electron chi connectivity index (χ0n) is 21.7. The van der Waals surface area contributed by atoms with Gasteiger partial charge in [0.1, 0.15) is 0 Å². The first-order chi connectivity index (χ1) is 14.1. The molecule has 0 radical (unpaired) electrons. The quantitative estimate of drug-likeness (QED) is 0.420. The van der Waals surface area contributed by atoms with Gasteiger partial charge in [0.05, 0.1) is 0 Å². The van der Waals surface area contributed by atoms with Crippen molar-refractivity contribution in [1.29, 1.82) is 0 Å². The fourth-order valence-electron chi connectivity index (χ4n) is 9.08. The van der Waals surface area contributed by atoms with Crippen LogP contribution in [-0.2, 0) is 0 Å². The molecular weight excluding hydrogens is 362 g/mol. The lowest BCUT2D eigenvalue weighted by atomic mass is 9.44. The first-order valence-corrected chi connectivity index (χ1v) is 13.9. The Kier molecular flexibility index (Phi) is 7.74. The average Bonchev–Trinajstić information content (AvgIpc) is 2.97. The van der Waals surface area contributed by atoms with Crippen molar-refractivity contribution >= 4 is 0 Å². The van der Waals surface area contributed by atoms with Gasteiger partial charge >= 0.3 is 0 Å². The van der Waals surface area contributed by atoms with Crippen molar-refractivity contribution in [1.82, 2.24) is 0 Å². The third kappa shape index (κ3) is 4.27. The summed E-state index contributed by atoms with van der Waals surface area (Å²) in [6, 6.07) is 0.469. The lowest BCUT2D eigenvalue weighted by Gasteiger charge is -2.60. The number of hydrogen-bond acceptors (Lipinski definition) is 1. The summed E-state index contributed by atoms with van der Waals surface area (Å²) in [6.45, 7) is 17.8. The highest BCUT2D eigenvalue weighted by molar-refractivity contribution is 5.11. The van der Waals surface area contributed by atoms with Gasteiger partial charge in [0.15, 0.2) is 0 Å². The largest absolute Gasteiger partial charge is 0.328 e. The Morgan fingerprint density at radius 2 is 1.50 bits per heavy atom. The van der Waals surface area contributed by atoms with Crippen LogP contribution in [0.1, 0.15) is 132 Å². The monoisotopic (exact) mass is 417 g/mol. The molecule has 30 heavy (non-hydrogen) atoms. The minimum Gasteiger partial charge on any atom is -0.328 e. The number of hydrogen-bond donors (Lipinski definition) is 1. The molecule has 0 aliphatic heterocycles. The van der Waals surface area contributed by atoms with Crippen LogP contribution in [0.3, 0.4) is 0 Å². The molecule has 0 heterocycles. The standard InChI is InChI=1S/C29H55N/c1-8-22(21(3)4)11-10-12-23-13-19-29(7)25(9-2)26(16-20-28(23,29)6)27(5)17-14-24(30)15-18-27/h21-26H,8-20,30H2,1-7H3. The predicted molar refractivity (Wildman–Crippen MR) is 132 cm³/mol. The van der Waals surface area contributed by atoms with Gasteiger partial charge in [-0.1, -0.05) is 74.1 Å². The first kappa shape index (κ1) is 24.6. The molecule has 3 fully saturated rings. The van der Waals surface area contributed by atoms with Gasteiger partial charge in [-0.25, -0.2) is 0 Å². The van der Waals surface area contributed by atoms with E-state index in [4.69, 9.17) is 5.73 Å². The summed E-state index contributed by atoms with van der Waals surface area (Å²) < 4.78 is 0. The smallest absolute Gasteiger partial charge is 0.00392 e. The van der Waals surface area contributed by atoms with Gasteiger partial charge in [0.25, 0.3) is 0 Å². The number of nitrogens with two attached hydrogens (primary N) is 1. The minimum atomic E-state index is 0.469. The van der Waals surface area contributed by atoms with Crippen molar-refractivity contribution in [2.24, 2.45) is 51.6 Å². The molecule has 0 aromatic rings. The fourth-order valence-corrected chi connectivity index (χ4v) is 9.08. The van der Waals surface area contributed by atoms with Crippen molar-refractivity contribution in [3.05, 3.63) is 0 Å². The second-order valence-electron chi connectivity index (χ2n) is 13.1. The van der Waals surface area contributed by atoms with Crippen LogP contribution in [-0.4, -0.2) is 6.04 Å². The maximum Gasteiger partial charge on any atom is 0.00392 e. The van der Waals surface area contributed by atoms with Crippen LogP contribution >= 0.6 is 0 Å². The summed E-state index contributed by atoms with van der Waals surface area (Å²) in [5, 5.41) is 0. The predicted octanol–water partition coefficient (Wildman–Crippen LogP) is 8.61. The molecule has 0 amide bonds. The number of rotatable bonds is 8. The molecule has 1 nitrogen and oxygen atoms in total. The highest BCUT2D eigenvalue weighted by Crippen LogP contribution is 2.70. The van der Waals surface area contributed by atoms with E-state index in [0.29, 0.717) is 22.3 Å². The van der Waals surface area contributed by atoms with Crippen LogP contribution in [0.2, 0.25) is 0 Å². The van der Waals surface area contributed by atoms with E-state index in [9.17, 15) is 0 Å². The maximum atomic E-state index is 6.30. The Morgan fingerprint density at radius 1 is 0.867 bits per heavy atom. The molecule has 1 heteroatoms. The van der Waals surface area contributed by atoms with E-state index in [0.717, 1.165) is 29.6 Å². The molecule has 0 aromatic heterocycles. The van der Waals surface area contributed by atoms with E-state index in [-0.39, 0.29) is 0 Å². The molecule has 0 spiro atoms. The Labute approximate surface area is 189 Å². The fraction of sp³-hybridized carbons (Fsp3) is 1.00. The molecule has 3 saturated carbocycles. The van der Waals surface area contributed by atoms with Gasteiger partial charge in [0, 0.05) is 6.04 Å². The van der Waals surface area contributed by atoms with Gasteiger partial charge in [-0.15, -0.1) is 0 Å². The minimum absolute atomic E-state index is 0.469. The van der Waals surface area contributed by atoms with Crippen molar-refractivity contribution in [3.8, 4) is 0 Å². The van der Waals surface area contributed by atoms with Crippen LogP contribution in [0.25, 0.3) is 0 Å². The molecular formula is C29H55N. The second kappa shape index (κ2) is 9.44. The molecule has 2 N–H and O–H groups in total. The lowest BCUT2D eigenvalue weighted by Crippen LogP contribution is -2.53. The zero-order chi connectivity index (χ0) is 22.2. The van der Waals surface area contributed by atoms with Crippen molar-refractivity contribution in [2.45, 2.75) is 138 Å². The van der Waals surface area contributed by atoms with E-state index >= 15 is 0 Å². The third-order valence-corrected chi connectivity index (χ3v) is 11.6. The molecule has 6 unspecified atom stereocenters. The van der Waals surface area contributed by atoms with E-state index in [1.165, 1.54) is 83.5 Å². The van der Waals surface area contributed by atoms with Crippen LogP contribution < -0.4 is 5.73 Å². The Balaban J connectivity index is 1.71. The maximum absolute atomic E-state index is 6.30. The van der Waals surface area contributed by atoms with Crippen LogP contribution in [0, 0.1) is 45.8 Å². The number of fused-ring (bicyclic) bond motifs is 1. The highest BCUT2D eigenvalue weighted by atomic mass is 14.7.